The molecule has 0 bridgehead atoms. The van der Waals surface area contributed by atoms with E-state index in [4.69, 9.17) is 11.2 Å². The zero-order valence-electron chi connectivity index (χ0n) is 15.0. The summed E-state index contributed by atoms with van der Waals surface area (Å²) >= 11 is 0. The third-order valence-electron chi connectivity index (χ3n) is 4.36. The fraction of sp³-hybridized carbons (Fsp3) is 0.526. The van der Waals surface area contributed by atoms with Gasteiger partial charge in [-0.05, 0) is 31.4 Å². The number of terminal acetylenes is 1. The van der Waals surface area contributed by atoms with Crippen molar-refractivity contribution in [2.45, 2.75) is 38.3 Å². The van der Waals surface area contributed by atoms with Crippen molar-refractivity contribution < 1.29 is 19.0 Å². The molecular formula is C19H26FN3O3. The lowest BCUT2D eigenvalue weighted by Gasteiger charge is -2.33. The Labute approximate surface area is 153 Å². The number of halogens is 1. The van der Waals surface area contributed by atoms with Gasteiger partial charge in [-0.3, -0.25) is 0 Å². The van der Waals surface area contributed by atoms with E-state index in [-0.39, 0.29) is 24.4 Å². The highest BCUT2D eigenvalue weighted by Crippen LogP contribution is 2.25. The Morgan fingerprint density at radius 1 is 1.50 bits per heavy atom. The number of amides is 2. The molecule has 0 aromatic heterocycles. The minimum Gasteiger partial charge on any atom is -0.479 e. The van der Waals surface area contributed by atoms with Crippen LogP contribution in [0.2, 0.25) is 0 Å². The normalized spacial score (nSPS) is 16.5. The summed E-state index contributed by atoms with van der Waals surface area (Å²) in [6.07, 6.45) is 7.19. The SMILES string of the molecule is C#CCOc1ccc(F)cc1NC(=O)NC1CCN(CC(O)CC)CC1. The van der Waals surface area contributed by atoms with E-state index in [1.807, 2.05) is 6.92 Å². The van der Waals surface area contributed by atoms with Crippen molar-refractivity contribution in [3.8, 4) is 18.1 Å². The molecule has 0 radical (unpaired) electrons. The maximum absolute atomic E-state index is 13.5. The number of anilines is 1. The average molecular weight is 363 g/mol. The van der Waals surface area contributed by atoms with Gasteiger partial charge in [0.2, 0.25) is 0 Å². The van der Waals surface area contributed by atoms with Crippen LogP contribution in [-0.4, -0.2) is 54.4 Å². The molecule has 142 valence electrons. The number of nitrogens with one attached hydrogen (secondary N) is 2. The third-order valence-corrected chi connectivity index (χ3v) is 4.36. The predicted molar refractivity (Wildman–Crippen MR) is 98.6 cm³/mol. The van der Waals surface area contributed by atoms with Crippen LogP contribution in [0.1, 0.15) is 26.2 Å². The second-order valence-corrected chi connectivity index (χ2v) is 6.37. The lowest BCUT2D eigenvalue weighted by Crippen LogP contribution is -2.47. The number of carbonyl (C=O) groups excluding carboxylic acids is 1. The highest BCUT2D eigenvalue weighted by molar-refractivity contribution is 5.91. The van der Waals surface area contributed by atoms with Gasteiger partial charge in [-0.15, -0.1) is 6.42 Å². The maximum Gasteiger partial charge on any atom is 0.319 e. The summed E-state index contributed by atoms with van der Waals surface area (Å²) in [7, 11) is 0. The smallest absolute Gasteiger partial charge is 0.319 e. The Balaban J connectivity index is 1.84. The van der Waals surface area contributed by atoms with E-state index in [1.54, 1.807) is 0 Å². The Hall–Kier alpha value is -2.30. The van der Waals surface area contributed by atoms with Gasteiger partial charge in [0.15, 0.2) is 0 Å². The number of ether oxygens (including phenoxy) is 1. The summed E-state index contributed by atoms with van der Waals surface area (Å²) in [5, 5.41) is 15.2. The summed E-state index contributed by atoms with van der Waals surface area (Å²) in [6, 6.07) is 3.50. The molecule has 0 spiro atoms. The zero-order valence-corrected chi connectivity index (χ0v) is 15.0. The number of likely N-dealkylation sites (tertiary alicyclic amines) is 1. The highest BCUT2D eigenvalue weighted by atomic mass is 19.1. The van der Waals surface area contributed by atoms with Crippen molar-refractivity contribution in [3.63, 3.8) is 0 Å². The molecule has 0 aliphatic carbocycles. The molecule has 0 saturated carbocycles. The lowest BCUT2D eigenvalue weighted by molar-refractivity contribution is 0.0925. The Bertz CT molecular complexity index is 639. The zero-order chi connectivity index (χ0) is 18.9. The summed E-state index contributed by atoms with van der Waals surface area (Å²) in [5.41, 5.74) is 0.237. The van der Waals surface area contributed by atoms with Gasteiger partial charge in [0.1, 0.15) is 18.2 Å². The Kier molecular flexibility index (Phi) is 7.70. The van der Waals surface area contributed by atoms with Crippen molar-refractivity contribution in [2.75, 3.05) is 31.6 Å². The van der Waals surface area contributed by atoms with Crippen molar-refractivity contribution in [1.82, 2.24) is 10.2 Å². The van der Waals surface area contributed by atoms with Crippen LogP contribution in [-0.2, 0) is 0 Å². The molecule has 1 aromatic rings. The first-order chi connectivity index (χ1) is 12.5. The minimum absolute atomic E-state index is 0.0317. The van der Waals surface area contributed by atoms with Crippen LogP contribution in [0.5, 0.6) is 5.75 Å². The molecule has 1 aliphatic heterocycles. The molecule has 2 rings (SSSR count). The molecule has 1 fully saturated rings. The van der Waals surface area contributed by atoms with Crippen LogP contribution in [0.25, 0.3) is 0 Å². The van der Waals surface area contributed by atoms with Crippen LogP contribution in [0.3, 0.4) is 0 Å². The molecule has 1 aliphatic rings. The number of hydrogen-bond donors (Lipinski definition) is 3. The van der Waals surface area contributed by atoms with Crippen LogP contribution < -0.4 is 15.4 Å². The number of β-amino-alcohol motifs (C(OH)–C–C–N with tert-alkyl or cyclic N) is 1. The number of rotatable bonds is 7. The van der Waals surface area contributed by atoms with E-state index in [0.29, 0.717) is 12.3 Å². The number of nitrogens with zero attached hydrogens (tertiary/aromatic N) is 1. The number of carbonyl (C=O) groups is 1. The third kappa shape index (κ3) is 6.21. The van der Waals surface area contributed by atoms with E-state index in [2.05, 4.69) is 21.5 Å². The second-order valence-electron chi connectivity index (χ2n) is 6.37. The van der Waals surface area contributed by atoms with Crippen LogP contribution >= 0.6 is 0 Å². The first-order valence-electron chi connectivity index (χ1n) is 8.85. The molecule has 1 unspecified atom stereocenters. The molecular weight excluding hydrogens is 337 g/mol. The molecule has 1 heterocycles. The molecule has 2 amide bonds. The standard InChI is InChI=1S/C19H26FN3O3/c1-3-11-26-18-6-5-14(20)12-17(18)22-19(25)21-15-7-9-23(10-8-15)13-16(24)4-2/h1,5-6,12,15-16,24H,4,7-11,13H2,2H3,(H2,21,22,25). The average Bonchev–Trinajstić information content (AvgIpc) is 2.62. The quantitative estimate of drug-likeness (QED) is 0.650. The van der Waals surface area contributed by atoms with Crippen molar-refractivity contribution in [2.24, 2.45) is 0 Å². The van der Waals surface area contributed by atoms with Crippen LogP contribution in [0, 0.1) is 18.2 Å². The number of benzene rings is 1. The van der Waals surface area contributed by atoms with E-state index >= 15 is 0 Å². The van der Waals surface area contributed by atoms with Gasteiger partial charge in [-0.2, -0.15) is 0 Å². The fourth-order valence-corrected chi connectivity index (χ4v) is 2.88. The van der Waals surface area contributed by atoms with Gasteiger partial charge >= 0.3 is 6.03 Å². The molecule has 7 heteroatoms. The second kappa shape index (κ2) is 10.00. The number of urea groups is 1. The molecule has 3 N–H and O–H groups in total. The molecule has 1 atom stereocenters. The Morgan fingerprint density at radius 2 is 2.23 bits per heavy atom. The highest BCUT2D eigenvalue weighted by Gasteiger charge is 2.22. The van der Waals surface area contributed by atoms with Gasteiger partial charge in [-0.1, -0.05) is 12.8 Å². The summed E-state index contributed by atoms with van der Waals surface area (Å²) in [5.74, 6) is 2.18. The molecule has 26 heavy (non-hydrogen) atoms. The predicted octanol–water partition coefficient (Wildman–Crippen LogP) is 2.19. The first-order valence-corrected chi connectivity index (χ1v) is 8.85. The van der Waals surface area contributed by atoms with Gasteiger partial charge in [0.25, 0.3) is 0 Å². The fourth-order valence-electron chi connectivity index (χ4n) is 2.88. The summed E-state index contributed by atoms with van der Waals surface area (Å²) < 4.78 is 18.8. The van der Waals surface area contributed by atoms with Gasteiger partial charge in [0.05, 0.1) is 11.8 Å². The molecule has 6 nitrogen and oxygen atoms in total. The van der Waals surface area contributed by atoms with E-state index < -0.39 is 11.8 Å². The Morgan fingerprint density at radius 3 is 2.88 bits per heavy atom. The van der Waals surface area contributed by atoms with Crippen LogP contribution in [0.4, 0.5) is 14.9 Å². The topological polar surface area (TPSA) is 73.8 Å². The molecule has 1 aromatic carbocycles. The van der Waals surface area contributed by atoms with Gasteiger partial charge in [0, 0.05) is 31.7 Å². The number of aliphatic hydroxyl groups excluding tert-OH is 1. The monoisotopic (exact) mass is 363 g/mol. The number of piperidine rings is 1. The van der Waals surface area contributed by atoms with Gasteiger partial charge in [-0.25, -0.2) is 9.18 Å². The van der Waals surface area contributed by atoms with Crippen LogP contribution in [0.15, 0.2) is 18.2 Å². The molecule has 1 saturated heterocycles. The summed E-state index contributed by atoms with van der Waals surface area (Å²) in [4.78, 5) is 14.4. The first kappa shape index (κ1) is 20.0. The maximum atomic E-state index is 13.5. The number of hydrogen-bond acceptors (Lipinski definition) is 4. The minimum atomic E-state index is -0.476. The number of aliphatic hydroxyl groups is 1. The van der Waals surface area contributed by atoms with Gasteiger partial charge < -0.3 is 25.4 Å². The van der Waals surface area contributed by atoms with E-state index in [1.165, 1.54) is 18.2 Å². The van der Waals surface area contributed by atoms with E-state index in [0.717, 1.165) is 32.4 Å². The van der Waals surface area contributed by atoms with Crippen molar-refractivity contribution >= 4 is 11.7 Å². The van der Waals surface area contributed by atoms with E-state index in [9.17, 15) is 14.3 Å². The largest absolute Gasteiger partial charge is 0.479 e. The van der Waals surface area contributed by atoms with Crippen molar-refractivity contribution in [3.05, 3.63) is 24.0 Å². The van der Waals surface area contributed by atoms with Crippen molar-refractivity contribution in [1.29, 1.82) is 0 Å². The lowest BCUT2D eigenvalue weighted by atomic mass is 10.0. The summed E-state index contributed by atoms with van der Waals surface area (Å²) in [6.45, 7) is 4.28.